The molecule has 0 saturated heterocycles. The summed E-state index contributed by atoms with van der Waals surface area (Å²) >= 11 is 0. The highest BCUT2D eigenvalue weighted by Gasteiger charge is 2.36. The van der Waals surface area contributed by atoms with Gasteiger partial charge in [0.05, 0.1) is 6.10 Å². The maximum atomic E-state index is 11.0. The van der Waals surface area contributed by atoms with E-state index in [-0.39, 0.29) is 23.6 Å². The number of ether oxygens (including phenoxy) is 1. The molecule has 1 heterocycles. The zero-order chi connectivity index (χ0) is 11.6. The van der Waals surface area contributed by atoms with Crippen molar-refractivity contribution in [3.63, 3.8) is 0 Å². The highest BCUT2D eigenvalue weighted by molar-refractivity contribution is 6.48. The van der Waals surface area contributed by atoms with Crippen LogP contribution in [0.5, 0.6) is 0 Å². The molecule has 2 atom stereocenters. The van der Waals surface area contributed by atoms with Gasteiger partial charge in [-0.25, -0.2) is 4.79 Å². The van der Waals surface area contributed by atoms with E-state index < -0.39 is 9.04 Å². The van der Waals surface area contributed by atoms with Crippen molar-refractivity contribution in [3.05, 3.63) is 12.2 Å². The van der Waals surface area contributed by atoms with Crippen molar-refractivity contribution in [2.75, 3.05) is 0 Å². The Bertz CT molecular complexity index is 265. The van der Waals surface area contributed by atoms with E-state index in [1.807, 2.05) is 0 Å². The third-order valence-electron chi connectivity index (χ3n) is 2.24. The molecule has 0 amide bonds. The Morgan fingerprint density at radius 1 is 1.47 bits per heavy atom. The van der Waals surface area contributed by atoms with Gasteiger partial charge >= 0.3 is 5.97 Å². The van der Waals surface area contributed by atoms with Crippen molar-refractivity contribution in [1.29, 1.82) is 0 Å². The summed E-state index contributed by atoms with van der Waals surface area (Å²) in [5, 5.41) is 0. The van der Waals surface area contributed by atoms with Crippen LogP contribution in [0.2, 0.25) is 13.1 Å². The monoisotopic (exact) mass is 228 g/mol. The Morgan fingerprint density at radius 2 is 2.07 bits per heavy atom. The highest BCUT2D eigenvalue weighted by Crippen LogP contribution is 2.29. The van der Waals surface area contributed by atoms with Crippen molar-refractivity contribution >= 4 is 15.0 Å². The molecule has 0 aromatic carbocycles. The van der Waals surface area contributed by atoms with Gasteiger partial charge in [-0.15, -0.1) is 0 Å². The quantitative estimate of drug-likeness (QED) is 0.546. The predicted octanol–water partition coefficient (Wildman–Crippen LogP) is 1.88. The molecule has 0 spiro atoms. The van der Waals surface area contributed by atoms with E-state index in [9.17, 15) is 4.79 Å². The lowest BCUT2D eigenvalue weighted by Crippen LogP contribution is -2.42. The fourth-order valence-electron chi connectivity index (χ4n) is 1.62. The van der Waals surface area contributed by atoms with Crippen molar-refractivity contribution < 1.29 is 14.0 Å². The Morgan fingerprint density at radius 3 is 2.40 bits per heavy atom. The number of carbonyl (C=O) groups excluding carboxylic acids is 1. The summed E-state index contributed by atoms with van der Waals surface area (Å²) in [4.78, 5) is 11.0. The van der Waals surface area contributed by atoms with Crippen LogP contribution in [-0.4, -0.2) is 27.2 Å². The lowest BCUT2D eigenvalue weighted by molar-refractivity contribution is -0.144. The minimum atomic E-state index is -1.13. The van der Waals surface area contributed by atoms with Gasteiger partial charge in [-0.3, -0.25) is 0 Å². The molecule has 3 nitrogen and oxygen atoms in total. The van der Waals surface area contributed by atoms with Crippen molar-refractivity contribution in [2.45, 2.75) is 46.1 Å². The summed E-state index contributed by atoms with van der Waals surface area (Å²) in [5.41, 5.74) is -0.0170. The van der Waals surface area contributed by atoms with Gasteiger partial charge in [0.25, 0.3) is 0 Å². The van der Waals surface area contributed by atoms with E-state index in [0.717, 1.165) is 0 Å². The molecule has 0 fully saturated rings. The van der Waals surface area contributed by atoms with Crippen LogP contribution in [0.1, 0.15) is 20.8 Å². The molecule has 0 saturated carbocycles. The third-order valence-corrected chi connectivity index (χ3v) is 3.08. The molecule has 86 valence electrons. The van der Waals surface area contributed by atoms with E-state index in [4.69, 9.17) is 9.16 Å². The maximum Gasteiger partial charge on any atom is 0.331 e. The summed E-state index contributed by atoms with van der Waals surface area (Å²) in [5.74, 6) is -0.261. The van der Waals surface area contributed by atoms with Gasteiger partial charge < -0.3 is 9.16 Å². The van der Waals surface area contributed by atoms with Gasteiger partial charge in [0.1, 0.15) is 6.10 Å². The van der Waals surface area contributed by atoms with Crippen LogP contribution in [0, 0.1) is 5.41 Å². The molecule has 0 aromatic rings. The van der Waals surface area contributed by atoms with E-state index in [1.54, 1.807) is 6.08 Å². The number of carbonyl (C=O) groups is 1. The van der Waals surface area contributed by atoms with E-state index in [2.05, 4.69) is 33.9 Å². The summed E-state index contributed by atoms with van der Waals surface area (Å²) in [7, 11) is -1.13. The van der Waals surface area contributed by atoms with Gasteiger partial charge in [-0.05, 0) is 24.6 Å². The molecule has 0 bridgehead atoms. The Kier molecular flexibility index (Phi) is 3.73. The average Bonchev–Trinajstić information content (AvgIpc) is 2.45. The van der Waals surface area contributed by atoms with E-state index >= 15 is 0 Å². The molecule has 1 aliphatic rings. The third kappa shape index (κ3) is 3.46. The standard InChI is InChI=1S/C11H20O3Si/c1-11(2,3)10(14-15(4)5)8-6-7-9(12)13-8/h6-8,10,15H,1-5H3/t8-,10?/m0/s1. The van der Waals surface area contributed by atoms with Crippen molar-refractivity contribution in [2.24, 2.45) is 5.41 Å². The first-order valence-electron chi connectivity index (χ1n) is 5.35. The summed E-state index contributed by atoms with van der Waals surface area (Å²) in [6.45, 7) is 10.6. The largest absolute Gasteiger partial charge is 0.452 e. The second-order valence-corrected chi connectivity index (χ2v) is 7.60. The Hall–Kier alpha value is -0.613. The molecule has 0 N–H and O–H groups in total. The average molecular weight is 228 g/mol. The Balaban J connectivity index is 2.73. The molecule has 0 aliphatic carbocycles. The first-order chi connectivity index (χ1) is 6.80. The summed E-state index contributed by atoms with van der Waals surface area (Å²) < 4.78 is 11.2. The van der Waals surface area contributed by atoms with E-state index in [0.29, 0.717) is 0 Å². The number of cyclic esters (lactones) is 1. The second-order valence-electron chi connectivity index (χ2n) is 5.23. The predicted molar refractivity (Wildman–Crippen MR) is 62.2 cm³/mol. The zero-order valence-corrected chi connectivity index (χ0v) is 11.3. The first-order valence-corrected chi connectivity index (χ1v) is 8.13. The molecule has 1 rings (SSSR count). The molecular weight excluding hydrogens is 208 g/mol. The van der Waals surface area contributed by atoms with Gasteiger partial charge in [0.2, 0.25) is 0 Å². The van der Waals surface area contributed by atoms with Crippen LogP contribution in [0.4, 0.5) is 0 Å². The van der Waals surface area contributed by atoms with Gasteiger partial charge in [-0.1, -0.05) is 20.8 Å². The van der Waals surface area contributed by atoms with Crippen molar-refractivity contribution in [3.8, 4) is 0 Å². The lowest BCUT2D eigenvalue weighted by atomic mass is 9.86. The van der Waals surface area contributed by atoms with Gasteiger partial charge in [-0.2, -0.15) is 0 Å². The minimum absolute atomic E-state index is 0.0170. The summed E-state index contributed by atoms with van der Waals surface area (Å²) in [6, 6.07) is 0. The molecular formula is C11H20O3Si. The van der Waals surface area contributed by atoms with Gasteiger partial charge in [0, 0.05) is 6.08 Å². The highest BCUT2D eigenvalue weighted by atomic mass is 28.3. The van der Waals surface area contributed by atoms with Crippen LogP contribution >= 0.6 is 0 Å². The Labute approximate surface area is 93.2 Å². The minimum Gasteiger partial charge on any atom is -0.452 e. The topological polar surface area (TPSA) is 35.5 Å². The van der Waals surface area contributed by atoms with Crippen LogP contribution < -0.4 is 0 Å². The molecule has 0 aromatic heterocycles. The summed E-state index contributed by atoms with van der Waals surface area (Å²) in [6.07, 6.45) is 3.03. The molecule has 15 heavy (non-hydrogen) atoms. The second kappa shape index (κ2) is 4.49. The SMILES string of the molecule is C[SiH](C)OC([C@@H]1C=CC(=O)O1)C(C)(C)C. The van der Waals surface area contributed by atoms with Gasteiger partial charge in [0.15, 0.2) is 9.04 Å². The smallest absolute Gasteiger partial charge is 0.331 e. The van der Waals surface area contributed by atoms with Crippen molar-refractivity contribution in [1.82, 2.24) is 0 Å². The zero-order valence-electron chi connectivity index (χ0n) is 10.1. The normalized spacial score (nSPS) is 23.3. The molecule has 1 unspecified atom stereocenters. The maximum absolute atomic E-state index is 11.0. The number of rotatable bonds is 3. The number of esters is 1. The van der Waals surface area contributed by atoms with Crippen LogP contribution in [0.3, 0.4) is 0 Å². The number of hydrogen-bond donors (Lipinski definition) is 0. The molecule has 4 heteroatoms. The lowest BCUT2D eigenvalue weighted by Gasteiger charge is -2.35. The number of hydrogen-bond acceptors (Lipinski definition) is 3. The van der Waals surface area contributed by atoms with E-state index in [1.165, 1.54) is 6.08 Å². The van der Waals surface area contributed by atoms with Crippen LogP contribution in [0.25, 0.3) is 0 Å². The molecule has 0 radical (unpaired) electrons. The first kappa shape index (κ1) is 12.5. The molecule has 1 aliphatic heterocycles. The fourth-order valence-corrected chi connectivity index (χ4v) is 2.77. The van der Waals surface area contributed by atoms with Crippen LogP contribution in [-0.2, 0) is 14.0 Å². The van der Waals surface area contributed by atoms with Crippen LogP contribution in [0.15, 0.2) is 12.2 Å². The fraction of sp³-hybridized carbons (Fsp3) is 0.727.